The van der Waals surface area contributed by atoms with Crippen molar-refractivity contribution in [2.24, 2.45) is 0 Å². The van der Waals surface area contributed by atoms with Gasteiger partial charge in [-0.15, -0.1) is 5.10 Å². The fraction of sp³-hybridized carbons (Fsp3) is 0.286. The van der Waals surface area contributed by atoms with E-state index in [1.807, 2.05) is 19.3 Å². The van der Waals surface area contributed by atoms with Gasteiger partial charge in [-0.2, -0.15) is 4.68 Å². The van der Waals surface area contributed by atoms with Gasteiger partial charge in [-0.25, -0.2) is 4.79 Å². The minimum atomic E-state index is -0.374. The number of allylic oxidation sites excluding steroid dienone is 1. The Balaban J connectivity index is 2.63. The third-order valence-electron chi connectivity index (χ3n) is 1.62. The zero-order chi connectivity index (χ0) is 9.42. The molecule has 13 heavy (non-hydrogen) atoms. The summed E-state index contributed by atoms with van der Waals surface area (Å²) >= 11 is 1.47. The quantitative estimate of drug-likeness (QED) is 0.653. The van der Waals surface area contributed by atoms with Crippen molar-refractivity contribution in [1.29, 1.82) is 0 Å². The Morgan fingerprint density at radius 2 is 2.23 bits per heavy atom. The number of thioether (sulfide) groups is 1. The smallest absolute Gasteiger partial charge is 0.293 e. The van der Waals surface area contributed by atoms with Crippen LogP contribution in [0.25, 0.3) is 0 Å². The Labute approximate surface area is 78.8 Å². The summed E-state index contributed by atoms with van der Waals surface area (Å²) in [6, 6.07) is 0. The number of nitrogens with zero attached hydrogens (tertiary/aromatic N) is 3. The Morgan fingerprint density at radius 1 is 1.46 bits per heavy atom. The molecular weight excluding hydrogens is 188 g/mol. The number of aromatic nitrogens is 3. The second kappa shape index (κ2) is 2.88. The molecule has 1 aromatic rings. The standard InChI is InChI=1S/C7H8N4OS/c1-4-3-13-6-5(2)8-9-7(12)11(6)10-4/h3,10H,1-2H3. The molecule has 1 aromatic heterocycles. The Morgan fingerprint density at radius 3 is 3.00 bits per heavy atom. The van der Waals surface area contributed by atoms with Gasteiger partial charge >= 0.3 is 5.69 Å². The van der Waals surface area contributed by atoms with Crippen LogP contribution in [0, 0.1) is 6.92 Å². The molecule has 0 atom stereocenters. The van der Waals surface area contributed by atoms with Crippen molar-refractivity contribution in [2.45, 2.75) is 18.9 Å². The maximum atomic E-state index is 11.2. The van der Waals surface area contributed by atoms with Crippen LogP contribution in [-0.4, -0.2) is 14.9 Å². The summed E-state index contributed by atoms with van der Waals surface area (Å²) in [5, 5.41) is 9.96. The fourth-order valence-corrected chi connectivity index (χ4v) is 1.82. The molecule has 0 saturated carbocycles. The van der Waals surface area contributed by atoms with E-state index in [1.54, 1.807) is 0 Å². The third-order valence-corrected chi connectivity index (χ3v) is 2.80. The molecule has 1 aliphatic heterocycles. The molecule has 0 fully saturated rings. The maximum Gasteiger partial charge on any atom is 0.386 e. The molecule has 0 aliphatic carbocycles. The maximum absolute atomic E-state index is 11.2. The van der Waals surface area contributed by atoms with Crippen LogP contribution in [0.15, 0.2) is 20.9 Å². The minimum absolute atomic E-state index is 0.374. The van der Waals surface area contributed by atoms with Gasteiger partial charge in [-0.1, -0.05) is 16.9 Å². The molecule has 1 N–H and O–H groups in total. The highest BCUT2D eigenvalue weighted by molar-refractivity contribution is 8.02. The van der Waals surface area contributed by atoms with E-state index in [0.29, 0.717) is 0 Å². The second-order valence-corrected chi connectivity index (χ2v) is 3.60. The van der Waals surface area contributed by atoms with Crippen molar-refractivity contribution in [3.05, 3.63) is 27.3 Å². The summed E-state index contributed by atoms with van der Waals surface area (Å²) in [5.41, 5.74) is 4.21. The topological polar surface area (TPSA) is 59.8 Å². The molecule has 1 aliphatic rings. The van der Waals surface area contributed by atoms with Crippen molar-refractivity contribution >= 4 is 11.8 Å². The molecule has 0 amide bonds. The fourth-order valence-electron chi connectivity index (χ4n) is 1.04. The lowest BCUT2D eigenvalue weighted by Gasteiger charge is -2.17. The molecule has 68 valence electrons. The molecule has 0 aromatic carbocycles. The number of rotatable bonds is 0. The molecule has 0 saturated heterocycles. The van der Waals surface area contributed by atoms with Crippen LogP contribution < -0.4 is 11.1 Å². The van der Waals surface area contributed by atoms with Crippen LogP contribution in [0.4, 0.5) is 0 Å². The largest absolute Gasteiger partial charge is 0.386 e. The molecule has 0 spiro atoms. The van der Waals surface area contributed by atoms with Crippen molar-refractivity contribution < 1.29 is 0 Å². The van der Waals surface area contributed by atoms with Crippen molar-refractivity contribution in [1.82, 2.24) is 14.9 Å². The number of hydrogen-bond donors (Lipinski definition) is 1. The van der Waals surface area contributed by atoms with E-state index in [1.165, 1.54) is 16.4 Å². The molecule has 6 heteroatoms. The highest BCUT2D eigenvalue weighted by Crippen LogP contribution is 2.24. The predicted octanol–water partition coefficient (Wildman–Crippen LogP) is 0.457. The van der Waals surface area contributed by atoms with Crippen LogP contribution in [0.1, 0.15) is 12.6 Å². The van der Waals surface area contributed by atoms with E-state index >= 15 is 0 Å². The first kappa shape index (κ1) is 8.31. The summed E-state index contributed by atoms with van der Waals surface area (Å²) in [5.74, 6) is 0. The van der Waals surface area contributed by atoms with E-state index in [9.17, 15) is 4.79 Å². The molecule has 0 radical (unpaired) electrons. The lowest BCUT2D eigenvalue weighted by Crippen LogP contribution is -2.34. The van der Waals surface area contributed by atoms with Crippen LogP contribution in [0.3, 0.4) is 0 Å². The monoisotopic (exact) mass is 196 g/mol. The van der Waals surface area contributed by atoms with E-state index in [4.69, 9.17) is 0 Å². The summed E-state index contributed by atoms with van der Waals surface area (Å²) < 4.78 is 1.41. The van der Waals surface area contributed by atoms with Gasteiger partial charge in [0.2, 0.25) is 0 Å². The average molecular weight is 196 g/mol. The molecule has 2 rings (SSSR count). The number of aryl methyl sites for hydroxylation is 1. The third kappa shape index (κ3) is 1.33. The highest BCUT2D eigenvalue weighted by atomic mass is 32.2. The zero-order valence-electron chi connectivity index (χ0n) is 7.24. The summed E-state index contributed by atoms with van der Waals surface area (Å²) in [4.78, 5) is 11.2. The van der Waals surface area contributed by atoms with Crippen LogP contribution in [-0.2, 0) is 0 Å². The number of fused-ring (bicyclic) bond motifs is 1. The van der Waals surface area contributed by atoms with Crippen LogP contribution in [0.2, 0.25) is 0 Å². The Bertz CT molecular complexity index is 437. The van der Waals surface area contributed by atoms with Gasteiger partial charge in [0.1, 0.15) is 5.03 Å². The highest BCUT2D eigenvalue weighted by Gasteiger charge is 2.13. The molecule has 2 heterocycles. The van der Waals surface area contributed by atoms with Crippen LogP contribution in [0.5, 0.6) is 0 Å². The van der Waals surface area contributed by atoms with Crippen LogP contribution >= 0.6 is 11.8 Å². The lowest BCUT2D eigenvalue weighted by atomic mass is 10.5. The summed E-state index contributed by atoms with van der Waals surface area (Å²) in [6.07, 6.45) is 0. The minimum Gasteiger partial charge on any atom is -0.293 e. The van der Waals surface area contributed by atoms with Crippen molar-refractivity contribution in [3.8, 4) is 0 Å². The number of nitrogens with one attached hydrogen (secondary N) is 1. The van der Waals surface area contributed by atoms with E-state index in [-0.39, 0.29) is 5.69 Å². The molecular formula is C7H8N4OS. The van der Waals surface area contributed by atoms with Gasteiger partial charge in [0.15, 0.2) is 0 Å². The summed E-state index contributed by atoms with van der Waals surface area (Å²) in [6.45, 7) is 3.71. The first-order valence-corrected chi connectivity index (χ1v) is 4.63. The second-order valence-electron chi connectivity index (χ2n) is 2.74. The Kier molecular flexibility index (Phi) is 1.84. The van der Waals surface area contributed by atoms with E-state index < -0.39 is 0 Å². The van der Waals surface area contributed by atoms with Crippen molar-refractivity contribution in [2.75, 3.05) is 5.43 Å². The SMILES string of the molecule is CC1=CSc2c(C)nnc(=O)n2N1. The Hall–Kier alpha value is -1.30. The molecule has 0 unspecified atom stereocenters. The predicted molar refractivity (Wildman–Crippen MR) is 50.0 cm³/mol. The molecule has 0 bridgehead atoms. The zero-order valence-corrected chi connectivity index (χ0v) is 8.05. The lowest BCUT2D eigenvalue weighted by molar-refractivity contribution is 0.672. The van der Waals surface area contributed by atoms with Gasteiger partial charge in [-0.3, -0.25) is 5.43 Å². The first-order valence-electron chi connectivity index (χ1n) is 3.75. The average Bonchev–Trinajstić information content (AvgIpc) is 2.12. The van der Waals surface area contributed by atoms with E-state index in [2.05, 4.69) is 15.6 Å². The van der Waals surface area contributed by atoms with Gasteiger partial charge < -0.3 is 0 Å². The van der Waals surface area contributed by atoms with Gasteiger partial charge in [0.05, 0.1) is 5.69 Å². The molecule has 5 nitrogen and oxygen atoms in total. The van der Waals surface area contributed by atoms with Gasteiger partial charge in [-0.05, 0) is 19.3 Å². The summed E-state index contributed by atoms with van der Waals surface area (Å²) in [7, 11) is 0. The van der Waals surface area contributed by atoms with Gasteiger partial charge in [0.25, 0.3) is 0 Å². The van der Waals surface area contributed by atoms with E-state index in [0.717, 1.165) is 16.4 Å². The van der Waals surface area contributed by atoms with Gasteiger partial charge in [0, 0.05) is 5.70 Å². The number of hydrogen-bond acceptors (Lipinski definition) is 5. The van der Waals surface area contributed by atoms with Crippen molar-refractivity contribution in [3.63, 3.8) is 0 Å². The normalized spacial score (nSPS) is 14.5. The first-order chi connectivity index (χ1) is 6.18.